The molecule has 7 nitrogen and oxygen atoms in total. The van der Waals surface area contributed by atoms with Crippen molar-refractivity contribution in [2.24, 2.45) is 11.8 Å². The van der Waals surface area contributed by atoms with Crippen LogP contribution in [0.2, 0.25) is 0 Å². The number of furan rings is 1. The maximum absolute atomic E-state index is 12.0. The van der Waals surface area contributed by atoms with Gasteiger partial charge in [-0.3, -0.25) is 0 Å². The molecule has 1 saturated heterocycles. The minimum Gasteiger partial charge on any atom is -0.475 e. The third kappa shape index (κ3) is 3.50. The summed E-state index contributed by atoms with van der Waals surface area (Å²) < 4.78 is 10.6. The predicted octanol–water partition coefficient (Wildman–Crippen LogP) is 1.93. The van der Waals surface area contributed by atoms with E-state index in [1.54, 1.807) is 11.0 Å². The van der Waals surface area contributed by atoms with Crippen molar-refractivity contribution in [1.82, 2.24) is 10.2 Å². The molecule has 2 unspecified atom stereocenters. The van der Waals surface area contributed by atoms with Crippen LogP contribution in [0.25, 0.3) is 0 Å². The standard InChI is InChI=1S/C16H22N2O5/c1-16(2,3)23-15(21)18-7-10-11(8-18)13(10)17-6-9-4-5-12(22-9)14(19)20/h4-5,10-11,13,17H,6-8H2,1-3H3,(H,19,20). The number of carbonyl (C=O) groups excluding carboxylic acids is 1. The molecule has 1 saturated carbocycles. The number of carboxylic acid groups (broad SMARTS) is 1. The normalized spacial score (nSPS) is 26.0. The third-order valence-corrected chi connectivity index (χ3v) is 4.23. The van der Waals surface area contributed by atoms with Crippen LogP contribution in [-0.2, 0) is 11.3 Å². The number of rotatable bonds is 4. The Labute approximate surface area is 134 Å². The Bertz CT molecular complexity index is 606. The van der Waals surface area contributed by atoms with Crippen LogP contribution in [0.1, 0.15) is 37.1 Å². The molecular formula is C16H22N2O5. The summed E-state index contributed by atoms with van der Waals surface area (Å²) in [7, 11) is 0. The van der Waals surface area contributed by atoms with Gasteiger partial charge in [-0.1, -0.05) is 0 Å². The Morgan fingerprint density at radius 1 is 1.35 bits per heavy atom. The molecule has 3 rings (SSSR count). The number of hydrogen-bond acceptors (Lipinski definition) is 5. The lowest BCUT2D eigenvalue weighted by Crippen LogP contribution is -2.39. The van der Waals surface area contributed by atoms with E-state index in [4.69, 9.17) is 14.3 Å². The van der Waals surface area contributed by atoms with E-state index in [-0.39, 0.29) is 11.9 Å². The highest BCUT2D eigenvalue weighted by Crippen LogP contribution is 2.45. The molecule has 2 fully saturated rings. The van der Waals surface area contributed by atoms with E-state index in [9.17, 15) is 9.59 Å². The summed E-state index contributed by atoms with van der Waals surface area (Å²) >= 11 is 0. The SMILES string of the molecule is CC(C)(C)OC(=O)N1CC2C(C1)C2NCc1ccc(C(=O)O)o1. The second-order valence-electron chi connectivity index (χ2n) is 7.19. The average molecular weight is 322 g/mol. The topological polar surface area (TPSA) is 92.0 Å². The number of likely N-dealkylation sites (tertiary alicyclic amines) is 1. The van der Waals surface area contributed by atoms with Crippen molar-refractivity contribution >= 4 is 12.1 Å². The zero-order valence-electron chi connectivity index (χ0n) is 13.5. The lowest BCUT2D eigenvalue weighted by Gasteiger charge is -2.26. The third-order valence-electron chi connectivity index (χ3n) is 4.23. The maximum Gasteiger partial charge on any atom is 0.410 e. The Morgan fingerprint density at radius 3 is 2.52 bits per heavy atom. The summed E-state index contributed by atoms with van der Waals surface area (Å²) in [6, 6.07) is 3.48. The number of nitrogens with one attached hydrogen (secondary N) is 1. The molecule has 0 bridgehead atoms. The molecular weight excluding hydrogens is 300 g/mol. The minimum absolute atomic E-state index is 0.0473. The maximum atomic E-state index is 12.0. The molecule has 2 N–H and O–H groups in total. The molecule has 1 amide bonds. The number of nitrogens with zero attached hydrogens (tertiary/aromatic N) is 1. The monoisotopic (exact) mass is 322 g/mol. The van der Waals surface area contributed by atoms with Crippen molar-refractivity contribution in [2.75, 3.05) is 13.1 Å². The first-order valence-electron chi connectivity index (χ1n) is 7.78. The number of amides is 1. The molecule has 2 aliphatic rings. The van der Waals surface area contributed by atoms with E-state index >= 15 is 0 Å². The van der Waals surface area contributed by atoms with Crippen molar-refractivity contribution in [3.63, 3.8) is 0 Å². The summed E-state index contributed by atoms with van der Waals surface area (Å²) in [4.78, 5) is 24.5. The number of ether oxygens (including phenoxy) is 1. The second kappa shape index (κ2) is 5.56. The van der Waals surface area contributed by atoms with Gasteiger partial charge in [-0.2, -0.15) is 0 Å². The summed E-state index contributed by atoms with van der Waals surface area (Å²) in [5, 5.41) is 12.2. The minimum atomic E-state index is -1.06. The smallest absolute Gasteiger partial charge is 0.410 e. The van der Waals surface area contributed by atoms with Crippen molar-refractivity contribution < 1.29 is 23.8 Å². The summed E-state index contributed by atoms with van der Waals surface area (Å²) in [5.74, 6) is 0.380. The van der Waals surface area contributed by atoms with Crippen LogP contribution in [0.4, 0.5) is 4.79 Å². The van der Waals surface area contributed by atoms with E-state index in [2.05, 4.69) is 5.32 Å². The van der Waals surface area contributed by atoms with Gasteiger partial charge in [-0.25, -0.2) is 9.59 Å². The van der Waals surface area contributed by atoms with Crippen LogP contribution < -0.4 is 5.32 Å². The number of carbonyl (C=O) groups is 2. The molecule has 2 heterocycles. The van der Waals surface area contributed by atoms with Gasteiger partial charge in [0.25, 0.3) is 0 Å². The van der Waals surface area contributed by atoms with Gasteiger partial charge in [-0.05, 0) is 44.7 Å². The highest BCUT2D eigenvalue weighted by molar-refractivity contribution is 5.84. The van der Waals surface area contributed by atoms with Gasteiger partial charge in [0.2, 0.25) is 5.76 Å². The van der Waals surface area contributed by atoms with Crippen LogP contribution in [0.15, 0.2) is 16.5 Å². The van der Waals surface area contributed by atoms with E-state index in [0.717, 1.165) is 0 Å². The zero-order chi connectivity index (χ0) is 16.8. The van der Waals surface area contributed by atoms with Crippen molar-refractivity contribution in [1.29, 1.82) is 0 Å². The number of carboxylic acids is 1. The highest BCUT2D eigenvalue weighted by Gasteiger charge is 2.56. The van der Waals surface area contributed by atoms with Gasteiger partial charge in [-0.15, -0.1) is 0 Å². The van der Waals surface area contributed by atoms with Gasteiger partial charge in [0.15, 0.2) is 0 Å². The summed E-state index contributed by atoms with van der Waals surface area (Å²) in [6.07, 6.45) is -0.249. The highest BCUT2D eigenvalue weighted by atomic mass is 16.6. The lowest BCUT2D eigenvalue weighted by atomic mass is 10.2. The van der Waals surface area contributed by atoms with Gasteiger partial charge in [0, 0.05) is 19.1 Å². The zero-order valence-corrected chi connectivity index (χ0v) is 13.5. The fourth-order valence-corrected chi connectivity index (χ4v) is 3.11. The van der Waals surface area contributed by atoms with E-state index in [1.807, 2.05) is 20.8 Å². The Balaban J connectivity index is 1.43. The fourth-order valence-electron chi connectivity index (χ4n) is 3.11. The van der Waals surface area contributed by atoms with Gasteiger partial charge >= 0.3 is 12.1 Å². The van der Waals surface area contributed by atoms with E-state index in [1.165, 1.54) is 6.07 Å². The fraction of sp³-hybridized carbons (Fsp3) is 0.625. The quantitative estimate of drug-likeness (QED) is 0.880. The van der Waals surface area contributed by atoms with E-state index in [0.29, 0.717) is 43.3 Å². The molecule has 1 aliphatic heterocycles. The Morgan fingerprint density at radius 2 is 2.00 bits per heavy atom. The molecule has 1 aliphatic carbocycles. The van der Waals surface area contributed by atoms with Gasteiger partial charge in [0.05, 0.1) is 6.54 Å². The van der Waals surface area contributed by atoms with Crippen LogP contribution in [-0.4, -0.2) is 46.8 Å². The van der Waals surface area contributed by atoms with Gasteiger partial charge in [0.1, 0.15) is 11.4 Å². The molecule has 2 atom stereocenters. The first-order valence-corrected chi connectivity index (χ1v) is 7.78. The number of aromatic carboxylic acids is 1. The van der Waals surface area contributed by atoms with Crippen molar-refractivity contribution in [2.45, 2.75) is 39.0 Å². The molecule has 0 radical (unpaired) electrons. The molecule has 126 valence electrons. The van der Waals surface area contributed by atoms with Crippen LogP contribution >= 0.6 is 0 Å². The number of fused-ring (bicyclic) bond motifs is 1. The molecule has 7 heteroatoms. The molecule has 1 aromatic heterocycles. The summed E-state index contributed by atoms with van der Waals surface area (Å²) in [6.45, 7) is 7.49. The number of piperidine rings is 1. The largest absolute Gasteiger partial charge is 0.475 e. The first-order chi connectivity index (χ1) is 10.7. The molecule has 0 aromatic carbocycles. The van der Waals surface area contributed by atoms with Crippen molar-refractivity contribution in [3.8, 4) is 0 Å². The molecule has 1 aromatic rings. The first kappa shape index (κ1) is 15.9. The van der Waals surface area contributed by atoms with Gasteiger partial charge < -0.3 is 24.5 Å². The number of hydrogen-bond donors (Lipinski definition) is 2. The average Bonchev–Trinajstić information content (AvgIpc) is 2.86. The van der Waals surface area contributed by atoms with Crippen LogP contribution in [0, 0.1) is 11.8 Å². The van der Waals surface area contributed by atoms with E-state index < -0.39 is 11.6 Å². The van der Waals surface area contributed by atoms with Crippen LogP contribution in [0.3, 0.4) is 0 Å². The van der Waals surface area contributed by atoms with Crippen LogP contribution in [0.5, 0.6) is 0 Å². The predicted molar refractivity (Wildman–Crippen MR) is 81.1 cm³/mol. The lowest BCUT2D eigenvalue weighted by molar-refractivity contribution is 0.0269. The Hall–Kier alpha value is -2.02. The summed E-state index contributed by atoms with van der Waals surface area (Å²) in [5.41, 5.74) is -0.470. The second-order valence-corrected chi connectivity index (χ2v) is 7.19. The van der Waals surface area contributed by atoms with Crippen molar-refractivity contribution in [3.05, 3.63) is 23.7 Å². The molecule has 0 spiro atoms. The molecule has 23 heavy (non-hydrogen) atoms. The Kier molecular flexibility index (Phi) is 3.83.